The Bertz CT molecular complexity index is 373. The van der Waals surface area contributed by atoms with Crippen LogP contribution in [-0.2, 0) is 17.8 Å². The van der Waals surface area contributed by atoms with Crippen LogP contribution in [0.3, 0.4) is 0 Å². The molecule has 0 aromatic carbocycles. The summed E-state index contributed by atoms with van der Waals surface area (Å²) in [4.78, 5) is 0. The van der Waals surface area contributed by atoms with Gasteiger partial charge in [0.25, 0.3) is 0 Å². The molecule has 0 amide bonds. The fraction of sp³-hybridized carbons (Fsp3) is 0.786. The van der Waals surface area contributed by atoms with Gasteiger partial charge >= 0.3 is 0 Å². The predicted molar refractivity (Wildman–Crippen MR) is 72.4 cm³/mol. The minimum absolute atomic E-state index is 0.0450. The van der Waals surface area contributed by atoms with Crippen LogP contribution in [0.5, 0.6) is 0 Å². The van der Waals surface area contributed by atoms with Gasteiger partial charge in [0.1, 0.15) is 0 Å². The van der Waals surface area contributed by atoms with Gasteiger partial charge in [0, 0.05) is 12.7 Å². The van der Waals surface area contributed by atoms with Crippen molar-refractivity contribution in [3.05, 3.63) is 18.0 Å². The fourth-order valence-electron chi connectivity index (χ4n) is 2.41. The Morgan fingerprint density at radius 2 is 2.39 bits per heavy atom. The number of ether oxygens (including phenoxy) is 1. The third-order valence-corrected chi connectivity index (χ3v) is 3.37. The second-order valence-electron chi connectivity index (χ2n) is 5.74. The van der Waals surface area contributed by atoms with E-state index < -0.39 is 0 Å². The van der Waals surface area contributed by atoms with E-state index in [2.05, 4.69) is 43.4 Å². The zero-order valence-corrected chi connectivity index (χ0v) is 11.8. The number of nitrogens with zero attached hydrogens (tertiary/aromatic N) is 2. The van der Waals surface area contributed by atoms with Gasteiger partial charge in [0.05, 0.1) is 23.9 Å². The normalized spacial score (nSPS) is 22.5. The molecule has 1 unspecified atom stereocenters. The lowest BCUT2D eigenvalue weighted by Crippen LogP contribution is -2.23. The smallest absolute Gasteiger partial charge is 0.0779 e. The van der Waals surface area contributed by atoms with Crippen molar-refractivity contribution in [3.63, 3.8) is 0 Å². The summed E-state index contributed by atoms with van der Waals surface area (Å²) in [6.45, 7) is 9.28. The zero-order valence-electron chi connectivity index (χ0n) is 11.8. The molecule has 2 heterocycles. The van der Waals surface area contributed by atoms with Crippen LogP contribution in [0.2, 0.25) is 0 Å². The van der Waals surface area contributed by atoms with Crippen LogP contribution in [0.15, 0.2) is 12.3 Å². The molecular formula is C14H25N3O. The molecule has 102 valence electrons. The Morgan fingerprint density at radius 3 is 3.06 bits per heavy atom. The number of rotatable bonds is 6. The average molecular weight is 251 g/mol. The van der Waals surface area contributed by atoms with Crippen LogP contribution in [0.1, 0.15) is 45.7 Å². The van der Waals surface area contributed by atoms with Crippen LogP contribution in [-0.4, -0.2) is 28.0 Å². The molecule has 0 aliphatic carbocycles. The molecule has 1 aliphatic rings. The molecule has 1 aromatic heterocycles. The summed E-state index contributed by atoms with van der Waals surface area (Å²) in [6, 6.07) is 2.09. The lowest BCUT2D eigenvalue weighted by molar-refractivity contribution is -0.0230. The molecule has 1 atom stereocenters. The van der Waals surface area contributed by atoms with Crippen molar-refractivity contribution in [1.29, 1.82) is 0 Å². The van der Waals surface area contributed by atoms with Crippen molar-refractivity contribution in [2.75, 3.05) is 6.54 Å². The van der Waals surface area contributed by atoms with Crippen LogP contribution in [0, 0.1) is 0 Å². The van der Waals surface area contributed by atoms with Crippen LogP contribution < -0.4 is 5.32 Å². The van der Waals surface area contributed by atoms with E-state index in [9.17, 15) is 0 Å². The van der Waals surface area contributed by atoms with Crippen molar-refractivity contribution in [3.8, 4) is 0 Å². The third-order valence-electron chi connectivity index (χ3n) is 3.37. The van der Waals surface area contributed by atoms with Crippen LogP contribution >= 0.6 is 0 Å². The first kappa shape index (κ1) is 13.6. The minimum Gasteiger partial charge on any atom is -0.370 e. The molecule has 18 heavy (non-hydrogen) atoms. The van der Waals surface area contributed by atoms with Gasteiger partial charge in [-0.1, -0.05) is 6.92 Å². The number of aromatic nitrogens is 2. The minimum atomic E-state index is 0.0450. The van der Waals surface area contributed by atoms with Crippen molar-refractivity contribution in [2.24, 2.45) is 0 Å². The summed E-state index contributed by atoms with van der Waals surface area (Å²) < 4.78 is 7.99. The summed E-state index contributed by atoms with van der Waals surface area (Å²) in [6.07, 6.45) is 5.81. The molecule has 1 aromatic rings. The summed E-state index contributed by atoms with van der Waals surface area (Å²) in [5.41, 5.74) is 1.16. The number of nitrogens with one attached hydrogen (secondary N) is 1. The Kier molecular flexibility index (Phi) is 4.40. The monoisotopic (exact) mass is 251 g/mol. The Balaban J connectivity index is 1.80. The van der Waals surface area contributed by atoms with E-state index in [1.807, 2.05) is 4.68 Å². The maximum absolute atomic E-state index is 5.98. The predicted octanol–water partition coefficient (Wildman–Crippen LogP) is 2.34. The summed E-state index contributed by atoms with van der Waals surface area (Å²) >= 11 is 0. The van der Waals surface area contributed by atoms with Crippen molar-refractivity contribution in [1.82, 2.24) is 15.1 Å². The Morgan fingerprint density at radius 1 is 1.56 bits per heavy atom. The number of hydrogen-bond donors (Lipinski definition) is 1. The van der Waals surface area contributed by atoms with E-state index in [1.54, 1.807) is 0 Å². The van der Waals surface area contributed by atoms with E-state index in [0.29, 0.717) is 6.10 Å². The SMILES string of the molecule is CCCNCc1ccn(CC2CCC(C)(C)O2)n1. The van der Waals surface area contributed by atoms with Gasteiger partial charge < -0.3 is 10.1 Å². The molecule has 0 spiro atoms. The molecule has 2 rings (SSSR count). The molecule has 4 nitrogen and oxygen atoms in total. The van der Waals surface area contributed by atoms with Gasteiger partial charge in [-0.2, -0.15) is 5.10 Å². The maximum Gasteiger partial charge on any atom is 0.0779 e. The molecular weight excluding hydrogens is 226 g/mol. The topological polar surface area (TPSA) is 39.1 Å². The van der Waals surface area contributed by atoms with Gasteiger partial charge in [0.15, 0.2) is 0 Å². The van der Waals surface area contributed by atoms with Crippen LogP contribution in [0.25, 0.3) is 0 Å². The van der Waals surface area contributed by atoms with Crippen LogP contribution in [0.4, 0.5) is 0 Å². The van der Waals surface area contributed by atoms with Gasteiger partial charge in [-0.05, 0) is 45.7 Å². The average Bonchev–Trinajstić information content (AvgIpc) is 2.87. The Labute approximate surface area is 110 Å². The van der Waals surface area contributed by atoms with Crippen molar-refractivity contribution >= 4 is 0 Å². The van der Waals surface area contributed by atoms with Gasteiger partial charge in [-0.15, -0.1) is 0 Å². The van der Waals surface area contributed by atoms with E-state index >= 15 is 0 Å². The first-order valence-corrected chi connectivity index (χ1v) is 7.00. The molecule has 1 fully saturated rings. The highest BCUT2D eigenvalue weighted by atomic mass is 16.5. The van der Waals surface area contributed by atoms with Gasteiger partial charge in [-0.25, -0.2) is 0 Å². The molecule has 0 saturated carbocycles. The third kappa shape index (κ3) is 3.82. The van der Waals surface area contributed by atoms with Crippen molar-refractivity contribution < 1.29 is 4.74 Å². The maximum atomic E-state index is 5.98. The molecule has 0 radical (unpaired) electrons. The molecule has 0 bridgehead atoms. The largest absolute Gasteiger partial charge is 0.370 e. The van der Waals surface area contributed by atoms with E-state index in [-0.39, 0.29) is 5.60 Å². The lowest BCUT2D eigenvalue weighted by atomic mass is 10.1. The summed E-state index contributed by atoms with van der Waals surface area (Å²) in [5.74, 6) is 0. The molecule has 1 saturated heterocycles. The van der Waals surface area contributed by atoms with Gasteiger partial charge in [-0.3, -0.25) is 4.68 Å². The highest BCUT2D eigenvalue weighted by Gasteiger charge is 2.31. The Hall–Kier alpha value is -0.870. The number of hydrogen-bond acceptors (Lipinski definition) is 3. The first-order chi connectivity index (χ1) is 8.59. The van der Waals surface area contributed by atoms with E-state index in [1.165, 1.54) is 0 Å². The van der Waals surface area contributed by atoms with E-state index in [0.717, 1.165) is 44.6 Å². The van der Waals surface area contributed by atoms with E-state index in [4.69, 9.17) is 4.74 Å². The quantitative estimate of drug-likeness (QED) is 0.789. The van der Waals surface area contributed by atoms with Gasteiger partial charge in [0.2, 0.25) is 0 Å². The highest BCUT2D eigenvalue weighted by Crippen LogP contribution is 2.29. The zero-order chi connectivity index (χ0) is 13.0. The summed E-state index contributed by atoms with van der Waals surface area (Å²) in [7, 11) is 0. The summed E-state index contributed by atoms with van der Waals surface area (Å²) in [5, 5.41) is 7.93. The molecule has 4 heteroatoms. The highest BCUT2D eigenvalue weighted by molar-refractivity contribution is 4.98. The molecule has 1 N–H and O–H groups in total. The fourth-order valence-corrected chi connectivity index (χ4v) is 2.41. The second-order valence-corrected chi connectivity index (χ2v) is 5.74. The first-order valence-electron chi connectivity index (χ1n) is 7.00. The lowest BCUT2D eigenvalue weighted by Gasteiger charge is -2.19. The standard InChI is InChI=1S/C14H25N3O/c1-4-8-15-10-12-6-9-17(16-12)11-13-5-7-14(2,3)18-13/h6,9,13,15H,4-5,7-8,10-11H2,1-3H3. The molecule has 1 aliphatic heterocycles. The van der Waals surface area contributed by atoms with Crippen molar-refractivity contribution in [2.45, 2.75) is 64.8 Å². The second kappa shape index (κ2) is 5.85.